The van der Waals surface area contributed by atoms with Gasteiger partial charge in [0.2, 0.25) is 0 Å². The minimum atomic E-state index is -3.88. The maximum atomic E-state index is 13.5. The Morgan fingerprint density at radius 2 is 2.00 bits per heavy atom. The molecule has 3 N–H and O–H groups in total. The van der Waals surface area contributed by atoms with Crippen LogP contribution in [0.5, 0.6) is 5.75 Å². The highest BCUT2D eigenvalue weighted by atomic mass is 32.2. The second kappa shape index (κ2) is 13.1. The van der Waals surface area contributed by atoms with Crippen molar-refractivity contribution in [2.24, 2.45) is 5.92 Å². The van der Waals surface area contributed by atoms with E-state index >= 15 is 0 Å². The smallest absolute Gasteiger partial charge is 0.459 e. The summed E-state index contributed by atoms with van der Waals surface area (Å²) in [5, 5.41) is 2.49. The molecule has 2 aromatic rings. The lowest BCUT2D eigenvalue weighted by atomic mass is 10.1. The molecular formula is C23H33N4O6PS. The average molecular weight is 525 g/mol. The van der Waals surface area contributed by atoms with Crippen LogP contribution in [0.2, 0.25) is 0 Å². The van der Waals surface area contributed by atoms with Crippen LogP contribution in [0.3, 0.4) is 0 Å². The zero-order chi connectivity index (χ0) is 25.3. The SMILES string of the molecule is CCC(CC)COC(=O)CNP(=O)(OC[C@@H]1CC[C@H](n2ccc(N)nc2=O)S1)Oc1ccccc1. The first-order chi connectivity index (χ1) is 16.8. The minimum Gasteiger partial charge on any atom is -0.464 e. The lowest BCUT2D eigenvalue weighted by Crippen LogP contribution is -2.27. The lowest BCUT2D eigenvalue weighted by molar-refractivity contribution is -0.143. The fourth-order valence-corrected chi connectivity index (χ4v) is 6.35. The van der Waals surface area contributed by atoms with E-state index in [1.165, 1.54) is 16.3 Å². The zero-order valence-electron chi connectivity index (χ0n) is 20.0. The van der Waals surface area contributed by atoms with Crippen molar-refractivity contribution in [3.05, 3.63) is 53.1 Å². The van der Waals surface area contributed by atoms with Gasteiger partial charge in [0.05, 0.1) is 18.6 Å². The Bertz CT molecular complexity index is 1070. The molecule has 1 saturated heterocycles. The normalized spacial score (nSPS) is 19.4. The molecule has 0 saturated carbocycles. The molecule has 0 spiro atoms. The van der Waals surface area contributed by atoms with E-state index in [1.807, 2.05) is 19.9 Å². The second-order valence-corrected chi connectivity index (χ2v) is 11.5. The van der Waals surface area contributed by atoms with Crippen molar-refractivity contribution < 1.29 is 23.1 Å². The Morgan fingerprint density at radius 3 is 2.69 bits per heavy atom. The predicted octanol–water partition coefficient (Wildman–Crippen LogP) is 3.99. The largest absolute Gasteiger partial charge is 0.464 e. The third-order valence-corrected chi connectivity index (χ3v) is 8.72. The van der Waals surface area contributed by atoms with Crippen molar-refractivity contribution in [3.8, 4) is 5.75 Å². The third kappa shape index (κ3) is 8.38. The number of carbonyl (C=O) groups excluding carboxylic acids is 1. The summed E-state index contributed by atoms with van der Waals surface area (Å²) in [6.45, 7) is 4.20. The van der Waals surface area contributed by atoms with Gasteiger partial charge in [-0.25, -0.2) is 14.4 Å². The van der Waals surface area contributed by atoms with Crippen LogP contribution in [0.15, 0.2) is 47.4 Å². The number of nitrogens with zero attached hydrogens (tertiary/aromatic N) is 2. The number of nitrogen functional groups attached to an aromatic ring is 1. The number of nitrogens with two attached hydrogens (primary N) is 1. The Hall–Kier alpha value is -2.33. The Morgan fingerprint density at radius 1 is 1.26 bits per heavy atom. The molecule has 12 heteroatoms. The number of rotatable bonds is 13. The van der Waals surface area contributed by atoms with Gasteiger partial charge in [0.25, 0.3) is 0 Å². The van der Waals surface area contributed by atoms with E-state index in [-0.39, 0.29) is 29.6 Å². The molecule has 10 nitrogen and oxygen atoms in total. The third-order valence-electron chi connectivity index (χ3n) is 5.70. The number of thioether (sulfide) groups is 1. The lowest BCUT2D eigenvalue weighted by Gasteiger charge is -2.21. The number of ether oxygens (including phenoxy) is 1. The van der Waals surface area contributed by atoms with Crippen molar-refractivity contribution in [1.82, 2.24) is 14.6 Å². The van der Waals surface area contributed by atoms with E-state index in [0.717, 1.165) is 25.7 Å². The summed E-state index contributed by atoms with van der Waals surface area (Å²) < 4.78 is 31.7. The molecule has 1 aliphatic heterocycles. The van der Waals surface area contributed by atoms with Crippen LogP contribution in [-0.4, -0.2) is 40.5 Å². The number of carbonyl (C=O) groups is 1. The van der Waals surface area contributed by atoms with Crippen LogP contribution in [0.1, 0.15) is 44.9 Å². The number of hydrogen-bond acceptors (Lipinski definition) is 9. The number of nitrogens with one attached hydrogen (secondary N) is 1. The van der Waals surface area contributed by atoms with Gasteiger partial charge < -0.3 is 15.0 Å². The Balaban J connectivity index is 1.59. The molecule has 1 unspecified atom stereocenters. The highest BCUT2D eigenvalue weighted by Crippen LogP contribution is 2.47. The van der Waals surface area contributed by atoms with Crippen LogP contribution in [-0.2, 0) is 18.6 Å². The first kappa shape index (κ1) is 27.3. The molecule has 0 bridgehead atoms. The summed E-state index contributed by atoms with van der Waals surface area (Å²) in [6, 6.07) is 10.2. The standard InChI is InChI=1S/C23H33N4O6PS/c1-3-17(4-2)15-31-22(28)14-25-34(30,33-18-8-6-5-7-9-18)32-16-19-10-11-21(35-19)27-13-12-20(24)26-23(27)29/h5-9,12-13,17,19,21H,3-4,10-11,14-16H2,1-2H3,(H,25,30)(H2,24,26,29)/t19-,21+,34?/m0/s1. The van der Waals surface area contributed by atoms with Gasteiger partial charge in [-0.1, -0.05) is 44.9 Å². The van der Waals surface area contributed by atoms with Gasteiger partial charge in [-0.05, 0) is 37.0 Å². The van der Waals surface area contributed by atoms with E-state index in [1.54, 1.807) is 36.5 Å². The van der Waals surface area contributed by atoms with Crippen LogP contribution in [0.25, 0.3) is 0 Å². The minimum absolute atomic E-state index is 0.0271. The predicted molar refractivity (Wildman–Crippen MR) is 136 cm³/mol. The fourth-order valence-electron chi connectivity index (χ4n) is 3.51. The molecule has 1 aromatic heterocycles. The van der Waals surface area contributed by atoms with Crippen LogP contribution < -0.4 is 21.0 Å². The fraction of sp³-hybridized carbons (Fsp3) is 0.522. The summed E-state index contributed by atoms with van der Waals surface area (Å²) in [5.41, 5.74) is 5.17. The number of benzene rings is 1. The van der Waals surface area contributed by atoms with Crippen molar-refractivity contribution in [3.63, 3.8) is 0 Å². The van der Waals surface area contributed by atoms with Crippen LogP contribution >= 0.6 is 19.5 Å². The number of aromatic nitrogens is 2. The average Bonchev–Trinajstić information content (AvgIpc) is 3.32. The molecule has 1 fully saturated rings. The molecular weight excluding hydrogens is 491 g/mol. The first-order valence-corrected chi connectivity index (χ1v) is 14.2. The first-order valence-electron chi connectivity index (χ1n) is 11.7. The van der Waals surface area contributed by atoms with E-state index in [9.17, 15) is 14.2 Å². The molecule has 2 heterocycles. The number of anilines is 1. The molecule has 35 heavy (non-hydrogen) atoms. The van der Waals surface area contributed by atoms with Gasteiger partial charge in [0, 0.05) is 11.4 Å². The maximum Gasteiger partial charge on any atom is 0.459 e. The molecule has 0 aliphatic carbocycles. The number of para-hydroxylation sites is 1. The second-order valence-electron chi connectivity index (χ2n) is 8.23. The van der Waals surface area contributed by atoms with Gasteiger partial charge in [0.1, 0.15) is 18.1 Å². The molecule has 1 aromatic carbocycles. The van der Waals surface area contributed by atoms with E-state index in [0.29, 0.717) is 18.3 Å². The molecule has 3 rings (SSSR count). The monoisotopic (exact) mass is 524 g/mol. The molecule has 1 aliphatic rings. The Labute approximate surface area is 209 Å². The Kier molecular flexibility index (Phi) is 10.2. The van der Waals surface area contributed by atoms with Gasteiger partial charge in [0.15, 0.2) is 0 Å². The summed E-state index contributed by atoms with van der Waals surface area (Å²) in [5.74, 6) is 0.296. The zero-order valence-corrected chi connectivity index (χ0v) is 21.7. The summed E-state index contributed by atoms with van der Waals surface area (Å²) in [4.78, 5) is 28.1. The van der Waals surface area contributed by atoms with Crippen LogP contribution in [0, 0.1) is 5.92 Å². The summed E-state index contributed by atoms with van der Waals surface area (Å²) in [6.07, 6.45) is 4.92. The number of esters is 1. The summed E-state index contributed by atoms with van der Waals surface area (Å²) in [7, 11) is -3.88. The number of hydrogen-bond donors (Lipinski definition) is 2. The maximum absolute atomic E-state index is 13.5. The highest BCUT2D eigenvalue weighted by Gasteiger charge is 2.33. The van der Waals surface area contributed by atoms with Crippen molar-refractivity contribution in [2.75, 3.05) is 25.5 Å². The van der Waals surface area contributed by atoms with E-state index in [2.05, 4.69) is 10.1 Å². The van der Waals surface area contributed by atoms with Gasteiger partial charge in [-0.15, -0.1) is 11.8 Å². The van der Waals surface area contributed by atoms with Crippen molar-refractivity contribution in [2.45, 2.75) is 50.2 Å². The van der Waals surface area contributed by atoms with E-state index in [4.69, 9.17) is 19.5 Å². The van der Waals surface area contributed by atoms with Crippen molar-refractivity contribution in [1.29, 1.82) is 0 Å². The molecule has 192 valence electrons. The molecule has 3 atom stereocenters. The molecule has 0 amide bonds. The molecule has 0 radical (unpaired) electrons. The van der Waals surface area contributed by atoms with Gasteiger partial charge in [-0.3, -0.25) is 13.9 Å². The van der Waals surface area contributed by atoms with Gasteiger partial charge in [-0.2, -0.15) is 4.98 Å². The van der Waals surface area contributed by atoms with Crippen molar-refractivity contribution >= 4 is 31.3 Å². The quantitative estimate of drug-likeness (QED) is 0.292. The highest BCUT2D eigenvalue weighted by molar-refractivity contribution is 8.00. The summed E-state index contributed by atoms with van der Waals surface area (Å²) >= 11 is 1.53. The van der Waals surface area contributed by atoms with E-state index < -0.39 is 19.4 Å². The van der Waals surface area contributed by atoms with Crippen LogP contribution in [0.4, 0.5) is 5.82 Å². The van der Waals surface area contributed by atoms with Gasteiger partial charge >= 0.3 is 19.4 Å². The topological polar surface area (TPSA) is 135 Å².